The molecule has 2 aromatic carbocycles. The Morgan fingerprint density at radius 1 is 1.07 bits per heavy atom. The summed E-state index contributed by atoms with van der Waals surface area (Å²) in [5.41, 5.74) is 7.87. The van der Waals surface area contributed by atoms with Crippen molar-refractivity contribution in [1.29, 1.82) is 0 Å². The smallest absolute Gasteiger partial charge is 0.274 e. The molecule has 4 rings (SSSR count). The van der Waals surface area contributed by atoms with E-state index in [4.69, 9.17) is 10.5 Å². The van der Waals surface area contributed by atoms with Gasteiger partial charge in [-0.15, -0.1) is 0 Å². The third kappa shape index (κ3) is 3.50. The maximum absolute atomic E-state index is 12.4. The molecule has 2 heterocycles. The molecule has 0 amide bonds. The van der Waals surface area contributed by atoms with Crippen LogP contribution in [0, 0.1) is 0 Å². The Kier molecular flexibility index (Phi) is 4.43. The summed E-state index contributed by atoms with van der Waals surface area (Å²) in [6, 6.07) is 13.4. The van der Waals surface area contributed by atoms with Crippen molar-refractivity contribution in [3.8, 4) is 22.6 Å². The van der Waals surface area contributed by atoms with Gasteiger partial charge < -0.3 is 20.0 Å². The van der Waals surface area contributed by atoms with Gasteiger partial charge in [0.1, 0.15) is 17.0 Å². The molecule has 0 saturated carbocycles. The fourth-order valence-electron chi connectivity index (χ4n) is 3.23. The number of benzene rings is 2. The van der Waals surface area contributed by atoms with E-state index in [2.05, 4.69) is 4.98 Å². The van der Waals surface area contributed by atoms with Gasteiger partial charge in [0.2, 0.25) is 0 Å². The van der Waals surface area contributed by atoms with Crippen molar-refractivity contribution in [1.82, 2.24) is 9.55 Å². The summed E-state index contributed by atoms with van der Waals surface area (Å²) < 4.78 is 31.8. The van der Waals surface area contributed by atoms with Crippen molar-refractivity contribution in [2.75, 3.05) is 12.0 Å². The second-order valence-corrected chi connectivity index (χ2v) is 8.85. The Balaban J connectivity index is 1.99. The lowest BCUT2D eigenvalue weighted by molar-refractivity contribution is 0.484. The predicted octanol–water partition coefficient (Wildman–Crippen LogP) is 3.31. The number of hydrogen-bond donors (Lipinski definition) is 2. The molecule has 148 valence electrons. The Morgan fingerprint density at radius 2 is 1.86 bits per heavy atom. The minimum atomic E-state index is -3.44. The molecule has 0 spiro atoms. The zero-order valence-electron chi connectivity index (χ0n) is 15.8. The topological polar surface area (TPSA) is 107 Å². The molecule has 4 aromatic rings. The van der Waals surface area contributed by atoms with Gasteiger partial charge in [-0.25, -0.2) is 8.42 Å². The Labute approximate surface area is 167 Å². The number of aromatic nitrogens is 2. The molecule has 8 heteroatoms. The lowest BCUT2D eigenvalue weighted by atomic mass is 10.0. The molecule has 0 aliphatic heterocycles. The van der Waals surface area contributed by atoms with Crippen LogP contribution in [0.15, 0.2) is 70.6 Å². The number of nitrogens with two attached hydrogens (primary N) is 1. The maximum atomic E-state index is 12.4. The first-order valence-corrected chi connectivity index (χ1v) is 10.7. The predicted molar refractivity (Wildman–Crippen MR) is 113 cm³/mol. The van der Waals surface area contributed by atoms with Gasteiger partial charge in [0.05, 0.1) is 4.90 Å². The summed E-state index contributed by atoms with van der Waals surface area (Å²) in [5, 5.41) is 0.677. The van der Waals surface area contributed by atoms with Crippen LogP contribution < -0.4 is 16.0 Å². The highest BCUT2D eigenvalue weighted by Gasteiger charge is 2.18. The highest BCUT2D eigenvalue weighted by Crippen LogP contribution is 2.38. The number of pyridine rings is 1. The van der Waals surface area contributed by atoms with Crippen molar-refractivity contribution in [3.63, 3.8) is 0 Å². The van der Waals surface area contributed by atoms with Gasteiger partial charge in [0, 0.05) is 54.0 Å². The maximum Gasteiger partial charge on any atom is 0.274 e. The molecule has 0 unspecified atom stereocenters. The summed E-state index contributed by atoms with van der Waals surface area (Å²) >= 11 is 0. The molecule has 2 aromatic heterocycles. The van der Waals surface area contributed by atoms with Crippen LogP contribution in [0.3, 0.4) is 0 Å². The van der Waals surface area contributed by atoms with Crippen LogP contribution in [0.25, 0.3) is 22.0 Å². The monoisotopic (exact) mass is 409 g/mol. The number of H-pyrrole nitrogens is 1. The van der Waals surface area contributed by atoms with Gasteiger partial charge in [-0.1, -0.05) is 6.07 Å². The summed E-state index contributed by atoms with van der Waals surface area (Å²) in [6.45, 7) is 0. The van der Waals surface area contributed by atoms with E-state index in [0.717, 1.165) is 6.26 Å². The van der Waals surface area contributed by atoms with Crippen LogP contribution in [0.4, 0.5) is 5.69 Å². The van der Waals surface area contributed by atoms with Crippen LogP contribution in [-0.2, 0) is 16.9 Å². The molecule has 0 radical (unpaired) electrons. The third-order valence-corrected chi connectivity index (χ3v) is 5.76. The second kappa shape index (κ2) is 6.82. The van der Waals surface area contributed by atoms with E-state index in [1.54, 1.807) is 61.9 Å². The fraction of sp³-hybridized carbons (Fsp3) is 0.0952. The molecular formula is C21H19N3O4S. The second-order valence-electron chi connectivity index (χ2n) is 6.83. The normalized spacial score (nSPS) is 11.7. The number of sulfone groups is 1. The van der Waals surface area contributed by atoms with E-state index in [-0.39, 0.29) is 10.5 Å². The molecule has 3 N–H and O–H groups in total. The van der Waals surface area contributed by atoms with Crippen molar-refractivity contribution >= 4 is 26.4 Å². The number of ether oxygens (including phenoxy) is 1. The Morgan fingerprint density at radius 3 is 2.59 bits per heavy atom. The van der Waals surface area contributed by atoms with Gasteiger partial charge in [-0.05, 0) is 36.4 Å². The number of hydrogen-bond acceptors (Lipinski definition) is 5. The van der Waals surface area contributed by atoms with Crippen LogP contribution in [-0.4, -0.2) is 24.2 Å². The zero-order chi connectivity index (χ0) is 20.8. The van der Waals surface area contributed by atoms with Crippen LogP contribution in [0.2, 0.25) is 0 Å². The first-order chi connectivity index (χ1) is 13.7. The van der Waals surface area contributed by atoms with E-state index < -0.39 is 9.84 Å². The number of nitrogens with one attached hydrogen (secondary N) is 1. The van der Waals surface area contributed by atoms with Crippen molar-refractivity contribution in [2.45, 2.75) is 4.90 Å². The number of fused-ring (bicyclic) bond motifs is 1. The number of rotatable bonds is 4. The highest BCUT2D eigenvalue weighted by molar-refractivity contribution is 7.90. The molecule has 29 heavy (non-hydrogen) atoms. The fourth-order valence-corrected chi connectivity index (χ4v) is 3.87. The zero-order valence-corrected chi connectivity index (χ0v) is 16.7. The first-order valence-electron chi connectivity index (χ1n) is 8.78. The minimum absolute atomic E-state index is 0.157. The highest BCUT2D eigenvalue weighted by atomic mass is 32.2. The third-order valence-electron chi connectivity index (χ3n) is 4.65. The van der Waals surface area contributed by atoms with Gasteiger partial charge in [-0.3, -0.25) is 4.79 Å². The molecule has 0 fully saturated rings. The molecule has 0 aliphatic carbocycles. The Hall–Kier alpha value is -3.52. The molecule has 0 saturated heterocycles. The van der Waals surface area contributed by atoms with Gasteiger partial charge >= 0.3 is 0 Å². The summed E-state index contributed by atoms with van der Waals surface area (Å²) in [5.74, 6) is 0.970. The van der Waals surface area contributed by atoms with Crippen molar-refractivity contribution in [2.24, 2.45) is 7.05 Å². The number of nitrogens with zero attached hydrogens (tertiary/aromatic N) is 1. The van der Waals surface area contributed by atoms with Crippen LogP contribution >= 0.6 is 0 Å². The summed E-state index contributed by atoms with van der Waals surface area (Å²) in [7, 11) is -1.80. The first kappa shape index (κ1) is 18.8. The number of anilines is 1. The number of nitrogen functional groups attached to an aromatic ring is 1. The molecule has 0 atom stereocenters. The lowest BCUT2D eigenvalue weighted by Gasteiger charge is -2.15. The average Bonchev–Trinajstić information content (AvgIpc) is 3.14. The van der Waals surface area contributed by atoms with E-state index in [0.29, 0.717) is 39.2 Å². The average molecular weight is 409 g/mol. The van der Waals surface area contributed by atoms with Gasteiger partial charge in [0.25, 0.3) is 5.56 Å². The van der Waals surface area contributed by atoms with Crippen LogP contribution in [0.5, 0.6) is 11.5 Å². The van der Waals surface area contributed by atoms with Gasteiger partial charge in [0.15, 0.2) is 9.84 Å². The summed E-state index contributed by atoms with van der Waals surface area (Å²) in [4.78, 5) is 15.5. The van der Waals surface area contributed by atoms with Crippen molar-refractivity contribution < 1.29 is 13.2 Å². The molecule has 0 aliphatic rings. The van der Waals surface area contributed by atoms with E-state index in [1.165, 1.54) is 10.6 Å². The van der Waals surface area contributed by atoms with Crippen LogP contribution in [0.1, 0.15) is 0 Å². The number of aromatic amines is 1. The quantitative estimate of drug-likeness (QED) is 0.503. The van der Waals surface area contributed by atoms with E-state index >= 15 is 0 Å². The molecule has 0 bridgehead atoms. The largest absolute Gasteiger partial charge is 0.457 e. The summed E-state index contributed by atoms with van der Waals surface area (Å²) in [6.07, 6.45) is 4.50. The molecular weight excluding hydrogens is 390 g/mol. The minimum Gasteiger partial charge on any atom is -0.457 e. The standard InChI is InChI=1S/C21H19N3O4S/c1-24-12-18(16-8-9-23-20(16)21(24)25)17-11-15(29(2,26)27)6-7-19(17)28-14-5-3-4-13(22)10-14/h3-12,23H,22H2,1-2H3. The lowest BCUT2D eigenvalue weighted by Crippen LogP contribution is -2.16. The van der Waals surface area contributed by atoms with Gasteiger partial charge in [-0.2, -0.15) is 0 Å². The van der Waals surface area contributed by atoms with Crippen molar-refractivity contribution in [3.05, 3.63) is 71.3 Å². The van der Waals surface area contributed by atoms with E-state index in [9.17, 15) is 13.2 Å². The molecule has 7 nitrogen and oxygen atoms in total. The Bertz CT molecular complexity index is 1400. The SMILES string of the molecule is Cn1cc(-c2cc(S(C)(=O)=O)ccc2Oc2cccc(N)c2)c2cc[nH]c2c1=O. The number of aryl methyl sites for hydroxylation is 1. The van der Waals surface area contributed by atoms with E-state index in [1.807, 2.05) is 0 Å².